The zero-order valence-electron chi connectivity index (χ0n) is 13.4. The third-order valence-electron chi connectivity index (χ3n) is 4.18. The second kappa shape index (κ2) is 5.62. The van der Waals surface area contributed by atoms with Crippen LogP contribution in [0.2, 0.25) is 0 Å². The van der Waals surface area contributed by atoms with Crippen molar-refractivity contribution in [2.75, 3.05) is 22.1 Å². The van der Waals surface area contributed by atoms with E-state index in [-0.39, 0.29) is 24.3 Å². The molecule has 0 radical (unpaired) electrons. The second-order valence-electron chi connectivity index (χ2n) is 5.89. The van der Waals surface area contributed by atoms with E-state index >= 15 is 0 Å². The SMILES string of the molecule is CC1Oc2c(cccc2C(=O)N2CC(=O)Nc3ccccc32)NC1=O. The van der Waals surface area contributed by atoms with Crippen LogP contribution in [0.15, 0.2) is 42.5 Å². The number of nitrogens with one attached hydrogen (secondary N) is 2. The van der Waals surface area contributed by atoms with E-state index in [1.807, 2.05) is 0 Å². The highest BCUT2D eigenvalue weighted by Crippen LogP contribution is 2.36. The Balaban J connectivity index is 1.77. The van der Waals surface area contributed by atoms with Crippen molar-refractivity contribution in [2.45, 2.75) is 13.0 Å². The minimum absolute atomic E-state index is 0.0819. The Morgan fingerprint density at radius 3 is 2.68 bits per heavy atom. The van der Waals surface area contributed by atoms with Gasteiger partial charge < -0.3 is 15.4 Å². The number of para-hydroxylation sites is 3. The smallest absolute Gasteiger partial charge is 0.265 e. The highest BCUT2D eigenvalue weighted by atomic mass is 16.5. The molecule has 2 aromatic rings. The molecule has 0 saturated heterocycles. The molecule has 0 fully saturated rings. The predicted molar refractivity (Wildman–Crippen MR) is 91.9 cm³/mol. The first-order chi connectivity index (χ1) is 12.0. The zero-order chi connectivity index (χ0) is 17.6. The lowest BCUT2D eigenvalue weighted by molar-refractivity contribution is -0.122. The molecule has 0 aliphatic carbocycles. The quantitative estimate of drug-likeness (QED) is 0.833. The number of fused-ring (bicyclic) bond motifs is 2. The van der Waals surface area contributed by atoms with Crippen molar-refractivity contribution >= 4 is 34.8 Å². The van der Waals surface area contributed by atoms with Crippen molar-refractivity contribution in [1.29, 1.82) is 0 Å². The van der Waals surface area contributed by atoms with Crippen LogP contribution in [-0.4, -0.2) is 30.4 Å². The van der Waals surface area contributed by atoms with Crippen LogP contribution in [0.25, 0.3) is 0 Å². The molecule has 0 bridgehead atoms. The molecule has 1 unspecified atom stereocenters. The van der Waals surface area contributed by atoms with Gasteiger partial charge in [-0.3, -0.25) is 19.3 Å². The Morgan fingerprint density at radius 2 is 1.84 bits per heavy atom. The summed E-state index contributed by atoms with van der Waals surface area (Å²) >= 11 is 0. The molecule has 2 aromatic carbocycles. The summed E-state index contributed by atoms with van der Waals surface area (Å²) < 4.78 is 5.64. The third kappa shape index (κ3) is 2.50. The van der Waals surface area contributed by atoms with Gasteiger partial charge in [0.2, 0.25) is 5.91 Å². The normalized spacial score (nSPS) is 18.4. The summed E-state index contributed by atoms with van der Waals surface area (Å²) in [6.07, 6.45) is -0.696. The highest BCUT2D eigenvalue weighted by molar-refractivity contribution is 6.17. The van der Waals surface area contributed by atoms with Crippen molar-refractivity contribution in [2.24, 2.45) is 0 Å². The molecule has 0 saturated carbocycles. The Bertz CT molecular complexity index is 909. The average molecular weight is 337 g/mol. The molecule has 2 heterocycles. The molecule has 25 heavy (non-hydrogen) atoms. The fourth-order valence-electron chi connectivity index (χ4n) is 2.96. The summed E-state index contributed by atoms with van der Waals surface area (Å²) in [5.41, 5.74) is 1.95. The van der Waals surface area contributed by atoms with Gasteiger partial charge in [-0.15, -0.1) is 0 Å². The summed E-state index contributed by atoms with van der Waals surface area (Å²) in [4.78, 5) is 38.3. The van der Waals surface area contributed by atoms with Crippen molar-refractivity contribution < 1.29 is 19.1 Å². The minimum atomic E-state index is -0.696. The monoisotopic (exact) mass is 337 g/mol. The molecule has 126 valence electrons. The van der Waals surface area contributed by atoms with Gasteiger partial charge in [-0.1, -0.05) is 18.2 Å². The Labute approximate surface area is 143 Å². The van der Waals surface area contributed by atoms with E-state index in [4.69, 9.17) is 4.74 Å². The highest BCUT2D eigenvalue weighted by Gasteiger charge is 2.32. The molecular formula is C18H15N3O4. The fourth-order valence-corrected chi connectivity index (χ4v) is 2.96. The number of amides is 3. The first-order valence-electron chi connectivity index (χ1n) is 7.86. The maximum Gasteiger partial charge on any atom is 0.265 e. The van der Waals surface area contributed by atoms with Gasteiger partial charge in [0.25, 0.3) is 11.8 Å². The van der Waals surface area contributed by atoms with Gasteiger partial charge in [0.05, 0.1) is 22.6 Å². The lowest BCUT2D eigenvalue weighted by Crippen LogP contribution is -2.43. The van der Waals surface area contributed by atoms with Crippen LogP contribution in [0.5, 0.6) is 5.75 Å². The van der Waals surface area contributed by atoms with Crippen molar-refractivity contribution in [3.63, 3.8) is 0 Å². The molecule has 1 atom stereocenters. The van der Waals surface area contributed by atoms with Gasteiger partial charge in [0.1, 0.15) is 6.54 Å². The number of anilines is 3. The van der Waals surface area contributed by atoms with E-state index in [1.54, 1.807) is 49.4 Å². The number of hydrogen-bond acceptors (Lipinski definition) is 4. The number of carbonyl (C=O) groups excluding carboxylic acids is 3. The number of carbonyl (C=O) groups is 3. The second-order valence-corrected chi connectivity index (χ2v) is 5.89. The topological polar surface area (TPSA) is 87.7 Å². The third-order valence-corrected chi connectivity index (χ3v) is 4.18. The fraction of sp³-hybridized carbons (Fsp3) is 0.167. The first-order valence-corrected chi connectivity index (χ1v) is 7.86. The van der Waals surface area contributed by atoms with Crippen LogP contribution in [0.4, 0.5) is 17.1 Å². The van der Waals surface area contributed by atoms with Crippen molar-refractivity contribution in [3.8, 4) is 5.75 Å². The number of ether oxygens (including phenoxy) is 1. The van der Waals surface area contributed by atoms with E-state index in [0.717, 1.165) is 0 Å². The molecule has 2 N–H and O–H groups in total. The van der Waals surface area contributed by atoms with Gasteiger partial charge in [0, 0.05) is 0 Å². The summed E-state index contributed by atoms with van der Waals surface area (Å²) in [5.74, 6) is -0.565. The van der Waals surface area contributed by atoms with Gasteiger partial charge in [-0.25, -0.2) is 0 Å². The number of hydrogen-bond donors (Lipinski definition) is 2. The van der Waals surface area contributed by atoms with Crippen LogP contribution in [0, 0.1) is 0 Å². The summed E-state index contributed by atoms with van der Waals surface area (Å²) in [5, 5.41) is 5.47. The Morgan fingerprint density at radius 1 is 1.08 bits per heavy atom. The molecule has 7 heteroatoms. The molecule has 7 nitrogen and oxygen atoms in total. The molecule has 2 aliphatic rings. The summed E-state index contributed by atoms with van der Waals surface area (Å²) in [6, 6.07) is 12.1. The van der Waals surface area contributed by atoms with Crippen molar-refractivity contribution in [3.05, 3.63) is 48.0 Å². The molecule has 4 rings (SSSR count). The molecular weight excluding hydrogens is 322 g/mol. The first kappa shape index (κ1) is 15.2. The number of nitrogens with zero attached hydrogens (tertiary/aromatic N) is 1. The number of rotatable bonds is 1. The van der Waals surface area contributed by atoms with Crippen molar-refractivity contribution in [1.82, 2.24) is 0 Å². The van der Waals surface area contributed by atoms with Gasteiger partial charge in [-0.2, -0.15) is 0 Å². The Hall–Kier alpha value is -3.35. The van der Waals surface area contributed by atoms with Crippen LogP contribution in [0.1, 0.15) is 17.3 Å². The minimum Gasteiger partial charge on any atom is -0.478 e. The summed E-state index contributed by atoms with van der Waals surface area (Å²) in [7, 11) is 0. The van der Waals surface area contributed by atoms with Crippen LogP contribution >= 0.6 is 0 Å². The van der Waals surface area contributed by atoms with E-state index in [9.17, 15) is 14.4 Å². The average Bonchev–Trinajstić information content (AvgIpc) is 2.61. The molecule has 3 amide bonds. The van der Waals surface area contributed by atoms with E-state index in [1.165, 1.54) is 4.90 Å². The predicted octanol–water partition coefficient (Wildman–Crippen LogP) is 2.00. The van der Waals surface area contributed by atoms with E-state index in [0.29, 0.717) is 28.4 Å². The van der Waals surface area contributed by atoms with Gasteiger partial charge in [-0.05, 0) is 31.2 Å². The zero-order valence-corrected chi connectivity index (χ0v) is 13.4. The maximum atomic E-state index is 13.1. The van der Waals surface area contributed by atoms with Gasteiger partial charge >= 0.3 is 0 Å². The Kier molecular flexibility index (Phi) is 3.42. The van der Waals surface area contributed by atoms with Crippen LogP contribution < -0.4 is 20.3 Å². The van der Waals surface area contributed by atoms with E-state index in [2.05, 4.69) is 10.6 Å². The van der Waals surface area contributed by atoms with Crippen LogP contribution in [-0.2, 0) is 9.59 Å². The van der Waals surface area contributed by atoms with Crippen LogP contribution in [0.3, 0.4) is 0 Å². The molecule has 0 aromatic heterocycles. The number of benzene rings is 2. The molecule has 0 spiro atoms. The summed E-state index contributed by atoms with van der Waals surface area (Å²) in [6.45, 7) is 1.53. The van der Waals surface area contributed by atoms with E-state index < -0.39 is 6.10 Å². The maximum absolute atomic E-state index is 13.1. The standard InChI is InChI=1S/C18H15N3O4/c1-10-17(23)20-13-7-4-5-11(16(13)25-10)18(24)21-9-15(22)19-12-6-2-3-8-14(12)21/h2-8,10H,9H2,1H3,(H,19,22)(H,20,23). The lowest BCUT2D eigenvalue weighted by atomic mass is 10.1. The lowest BCUT2D eigenvalue weighted by Gasteiger charge is -2.31. The largest absolute Gasteiger partial charge is 0.478 e. The molecule has 2 aliphatic heterocycles. The van der Waals surface area contributed by atoms with Gasteiger partial charge in [0.15, 0.2) is 11.9 Å².